The summed E-state index contributed by atoms with van der Waals surface area (Å²) >= 11 is 0. The number of carbonyl (C=O) groups excluding carboxylic acids is 2. The Bertz CT molecular complexity index is 664. The smallest absolute Gasteiger partial charge is 0.379 e. The molecule has 0 bridgehead atoms. The number of nitrogens with zero attached hydrogens (tertiary/aromatic N) is 4. The molecule has 0 aliphatic carbocycles. The SMILES string of the molecule is Cc1cc(C)n2nc(C(=O)OC(C)C(N)=O)nc2n1. The molecular formula is C11H13N5O3. The number of fused-ring (bicyclic) bond motifs is 1. The van der Waals surface area contributed by atoms with E-state index in [1.165, 1.54) is 11.4 Å². The molecule has 2 heterocycles. The van der Waals surface area contributed by atoms with Crippen molar-refractivity contribution in [2.75, 3.05) is 0 Å². The lowest BCUT2D eigenvalue weighted by Gasteiger charge is -2.06. The Morgan fingerprint density at radius 2 is 2.05 bits per heavy atom. The summed E-state index contributed by atoms with van der Waals surface area (Å²) in [7, 11) is 0. The van der Waals surface area contributed by atoms with Crippen molar-refractivity contribution in [1.82, 2.24) is 19.6 Å². The first-order valence-electron chi connectivity index (χ1n) is 5.60. The van der Waals surface area contributed by atoms with Crippen LogP contribution in [-0.4, -0.2) is 37.6 Å². The van der Waals surface area contributed by atoms with Crippen LogP contribution in [0.3, 0.4) is 0 Å². The minimum Gasteiger partial charge on any atom is -0.447 e. The highest BCUT2D eigenvalue weighted by Crippen LogP contribution is 2.06. The molecule has 0 spiro atoms. The van der Waals surface area contributed by atoms with Gasteiger partial charge in [-0.05, 0) is 26.8 Å². The molecule has 0 fully saturated rings. The number of aromatic nitrogens is 4. The number of aryl methyl sites for hydroxylation is 2. The summed E-state index contributed by atoms with van der Waals surface area (Å²) in [6.07, 6.45) is -1.03. The maximum atomic E-state index is 11.7. The normalized spacial score (nSPS) is 12.4. The molecule has 0 radical (unpaired) electrons. The van der Waals surface area contributed by atoms with Crippen LogP contribution in [0.2, 0.25) is 0 Å². The van der Waals surface area contributed by atoms with Crippen LogP contribution in [0.15, 0.2) is 6.07 Å². The lowest BCUT2D eigenvalue weighted by atomic mass is 10.4. The summed E-state index contributed by atoms with van der Waals surface area (Å²) < 4.78 is 6.25. The molecule has 2 aromatic rings. The highest BCUT2D eigenvalue weighted by atomic mass is 16.5. The standard InChI is InChI=1S/C11H13N5O3/c1-5-4-6(2)16-11(13-5)14-9(15-16)10(18)19-7(3)8(12)17/h4,7H,1-3H3,(H2,12,17). The van der Waals surface area contributed by atoms with Gasteiger partial charge in [0.05, 0.1) is 0 Å². The van der Waals surface area contributed by atoms with Crippen molar-refractivity contribution in [3.05, 3.63) is 23.3 Å². The summed E-state index contributed by atoms with van der Waals surface area (Å²) in [6, 6.07) is 1.81. The van der Waals surface area contributed by atoms with E-state index in [1.807, 2.05) is 19.9 Å². The monoisotopic (exact) mass is 263 g/mol. The van der Waals surface area contributed by atoms with Crippen LogP contribution in [0.4, 0.5) is 0 Å². The molecule has 2 rings (SSSR count). The topological polar surface area (TPSA) is 112 Å². The maximum Gasteiger partial charge on any atom is 0.379 e. The van der Waals surface area contributed by atoms with Gasteiger partial charge < -0.3 is 10.5 Å². The third-order valence-electron chi connectivity index (χ3n) is 2.49. The summed E-state index contributed by atoms with van der Waals surface area (Å²) in [5.74, 6) is -1.40. The Hall–Kier alpha value is -2.51. The number of ether oxygens (including phenoxy) is 1. The Morgan fingerprint density at radius 3 is 2.68 bits per heavy atom. The van der Waals surface area contributed by atoms with Crippen LogP contribution in [-0.2, 0) is 9.53 Å². The van der Waals surface area contributed by atoms with Crippen LogP contribution in [0.5, 0.6) is 0 Å². The first-order chi connectivity index (χ1) is 8.88. The first-order valence-corrected chi connectivity index (χ1v) is 5.60. The lowest BCUT2D eigenvalue weighted by molar-refractivity contribution is -0.125. The van der Waals surface area contributed by atoms with Gasteiger partial charge in [0.15, 0.2) is 6.10 Å². The van der Waals surface area contributed by atoms with Crippen molar-refractivity contribution in [1.29, 1.82) is 0 Å². The maximum absolute atomic E-state index is 11.7. The molecule has 0 saturated carbocycles. The van der Waals surface area contributed by atoms with E-state index in [0.717, 1.165) is 11.4 Å². The molecule has 1 unspecified atom stereocenters. The summed E-state index contributed by atoms with van der Waals surface area (Å²) in [5, 5.41) is 3.98. The van der Waals surface area contributed by atoms with E-state index in [9.17, 15) is 9.59 Å². The van der Waals surface area contributed by atoms with Gasteiger partial charge in [-0.3, -0.25) is 4.79 Å². The molecule has 19 heavy (non-hydrogen) atoms. The molecule has 1 amide bonds. The van der Waals surface area contributed by atoms with Crippen LogP contribution in [0.1, 0.15) is 28.9 Å². The van der Waals surface area contributed by atoms with E-state index < -0.39 is 18.0 Å². The van der Waals surface area contributed by atoms with E-state index in [-0.39, 0.29) is 5.82 Å². The lowest BCUT2D eigenvalue weighted by Crippen LogP contribution is -2.30. The number of primary amides is 1. The fourth-order valence-electron chi connectivity index (χ4n) is 1.52. The Labute approximate surface area is 108 Å². The summed E-state index contributed by atoms with van der Waals surface area (Å²) in [5.41, 5.74) is 6.56. The quantitative estimate of drug-likeness (QED) is 0.765. The Balaban J connectivity index is 2.33. The predicted octanol–water partition coefficient (Wildman–Crippen LogP) is -0.228. The molecule has 2 aromatic heterocycles. The number of amides is 1. The van der Waals surface area contributed by atoms with Crippen LogP contribution in [0.25, 0.3) is 5.78 Å². The molecule has 0 saturated heterocycles. The highest BCUT2D eigenvalue weighted by Gasteiger charge is 2.21. The van der Waals surface area contributed by atoms with Gasteiger partial charge in [0.25, 0.3) is 17.5 Å². The van der Waals surface area contributed by atoms with Gasteiger partial charge in [0.1, 0.15) is 0 Å². The van der Waals surface area contributed by atoms with Crippen molar-refractivity contribution in [3.63, 3.8) is 0 Å². The van der Waals surface area contributed by atoms with Gasteiger partial charge in [0, 0.05) is 11.4 Å². The second kappa shape index (κ2) is 4.63. The largest absolute Gasteiger partial charge is 0.447 e. The van der Waals surface area contributed by atoms with Crippen LogP contribution < -0.4 is 5.73 Å². The van der Waals surface area contributed by atoms with Crippen molar-refractivity contribution in [2.45, 2.75) is 26.9 Å². The zero-order valence-electron chi connectivity index (χ0n) is 10.7. The predicted molar refractivity (Wildman–Crippen MR) is 64.3 cm³/mol. The van der Waals surface area contributed by atoms with Gasteiger partial charge in [-0.15, -0.1) is 5.10 Å². The average Bonchev–Trinajstić information content (AvgIpc) is 2.72. The Morgan fingerprint density at radius 1 is 1.37 bits per heavy atom. The molecule has 100 valence electrons. The van der Waals surface area contributed by atoms with E-state index in [1.54, 1.807) is 0 Å². The van der Waals surface area contributed by atoms with E-state index in [0.29, 0.717) is 5.78 Å². The zero-order chi connectivity index (χ0) is 14.2. The Kier molecular flexibility index (Phi) is 3.16. The second-order valence-corrected chi connectivity index (χ2v) is 4.14. The summed E-state index contributed by atoms with van der Waals surface area (Å²) in [4.78, 5) is 30.7. The van der Waals surface area contributed by atoms with Crippen molar-refractivity contribution in [3.8, 4) is 0 Å². The molecule has 8 nitrogen and oxygen atoms in total. The van der Waals surface area contributed by atoms with Crippen molar-refractivity contribution in [2.24, 2.45) is 5.73 Å². The van der Waals surface area contributed by atoms with E-state index in [2.05, 4.69) is 15.1 Å². The molecule has 0 aliphatic rings. The fourth-order valence-corrected chi connectivity index (χ4v) is 1.52. The van der Waals surface area contributed by atoms with Crippen molar-refractivity contribution >= 4 is 17.7 Å². The molecule has 0 aliphatic heterocycles. The molecular weight excluding hydrogens is 250 g/mol. The highest BCUT2D eigenvalue weighted by molar-refractivity contribution is 5.89. The van der Waals surface area contributed by atoms with E-state index >= 15 is 0 Å². The number of carbonyl (C=O) groups is 2. The fraction of sp³-hybridized carbons (Fsp3) is 0.364. The number of nitrogens with two attached hydrogens (primary N) is 1. The van der Waals surface area contributed by atoms with Gasteiger partial charge in [0.2, 0.25) is 0 Å². The zero-order valence-corrected chi connectivity index (χ0v) is 10.7. The number of esters is 1. The average molecular weight is 263 g/mol. The first kappa shape index (κ1) is 12.9. The third-order valence-corrected chi connectivity index (χ3v) is 2.49. The number of hydrogen-bond donors (Lipinski definition) is 1. The van der Waals surface area contributed by atoms with E-state index in [4.69, 9.17) is 10.5 Å². The number of rotatable bonds is 3. The minimum absolute atomic E-state index is 0.158. The van der Waals surface area contributed by atoms with Gasteiger partial charge in [-0.25, -0.2) is 14.3 Å². The second-order valence-electron chi connectivity index (χ2n) is 4.14. The van der Waals surface area contributed by atoms with Crippen LogP contribution >= 0.6 is 0 Å². The van der Waals surface area contributed by atoms with Crippen molar-refractivity contribution < 1.29 is 14.3 Å². The van der Waals surface area contributed by atoms with Crippen LogP contribution in [0, 0.1) is 13.8 Å². The van der Waals surface area contributed by atoms with Gasteiger partial charge >= 0.3 is 5.97 Å². The third kappa shape index (κ3) is 2.51. The summed E-state index contributed by atoms with van der Waals surface area (Å²) in [6.45, 7) is 5.01. The van der Waals surface area contributed by atoms with Gasteiger partial charge in [-0.1, -0.05) is 0 Å². The molecule has 1 atom stereocenters. The number of hydrogen-bond acceptors (Lipinski definition) is 6. The molecule has 8 heteroatoms. The minimum atomic E-state index is -1.03. The molecule has 2 N–H and O–H groups in total. The van der Waals surface area contributed by atoms with Gasteiger partial charge in [-0.2, -0.15) is 4.98 Å². The molecule has 0 aromatic carbocycles.